The van der Waals surface area contributed by atoms with Crippen molar-refractivity contribution in [1.29, 1.82) is 0 Å². The molecule has 3 aromatic rings. The van der Waals surface area contributed by atoms with Crippen molar-refractivity contribution in [2.24, 2.45) is 0 Å². The van der Waals surface area contributed by atoms with Gasteiger partial charge in [0.15, 0.2) is 5.75 Å². The molecule has 3 nitrogen and oxygen atoms in total. The third kappa shape index (κ3) is 1.43. The first-order valence-corrected chi connectivity index (χ1v) is 5.35. The summed E-state index contributed by atoms with van der Waals surface area (Å²) >= 11 is 0. The third-order valence-corrected chi connectivity index (χ3v) is 2.95. The van der Waals surface area contributed by atoms with Gasteiger partial charge in [-0.05, 0) is 35.0 Å². The lowest BCUT2D eigenvalue weighted by Crippen LogP contribution is -1.84. The van der Waals surface area contributed by atoms with E-state index in [0.717, 1.165) is 33.2 Å². The normalized spacial score (nSPS) is 10.9. The molecule has 0 fully saturated rings. The average Bonchev–Trinajstić information content (AvgIpc) is 2.81. The van der Waals surface area contributed by atoms with Crippen LogP contribution in [-0.4, -0.2) is 14.2 Å². The largest absolute Gasteiger partial charge is 0.497 e. The Labute approximate surface area is 98.5 Å². The number of methoxy groups -OCH3 is 2. The predicted molar refractivity (Wildman–Crippen MR) is 66.8 cm³/mol. The number of ether oxygens (including phenoxy) is 2. The first kappa shape index (κ1) is 10.0. The number of fused-ring (bicyclic) bond motifs is 3. The zero-order valence-electron chi connectivity index (χ0n) is 9.69. The van der Waals surface area contributed by atoms with E-state index in [4.69, 9.17) is 13.9 Å². The van der Waals surface area contributed by atoms with Crippen LogP contribution in [0.1, 0.15) is 0 Å². The fraction of sp³-hybridized carbons (Fsp3) is 0.143. The van der Waals surface area contributed by atoms with Gasteiger partial charge in [-0.1, -0.05) is 6.07 Å². The van der Waals surface area contributed by atoms with Gasteiger partial charge in [-0.3, -0.25) is 0 Å². The highest BCUT2D eigenvalue weighted by molar-refractivity contribution is 6.09. The Balaban J connectivity index is 2.42. The molecule has 0 saturated carbocycles. The molecule has 17 heavy (non-hydrogen) atoms. The molecular weight excluding hydrogens is 216 g/mol. The topological polar surface area (TPSA) is 31.6 Å². The summed E-state index contributed by atoms with van der Waals surface area (Å²) in [6, 6.07) is 9.92. The Kier molecular flexibility index (Phi) is 2.18. The van der Waals surface area contributed by atoms with E-state index in [2.05, 4.69) is 0 Å². The molecule has 0 spiro atoms. The van der Waals surface area contributed by atoms with Crippen LogP contribution in [0, 0.1) is 0 Å². The van der Waals surface area contributed by atoms with Gasteiger partial charge in [0.25, 0.3) is 0 Å². The SMILES string of the molecule is COc1ccc2c(ccc3occ(OC)c32)c1. The van der Waals surface area contributed by atoms with Gasteiger partial charge in [0.1, 0.15) is 17.6 Å². The van der Waals surface area contributed by atoms with Gasteiger partial charge in [-0.15, -0.1) is 0 Å². The quantitative estimate of drug-likeness (QED) is 0.671. The molecule has 3 rings (SSSR count). The van der Waals surface area contributed by atoms with Crippen LogP contribution < -0.4 is 9.47 Å². The lowest BCUT2D eigenvalue weighted by Gasteiger charge is -2.04. The van der Waals surface area contributed by atoms with Gasteiger partial charge in [-0.2, -0.15) is 0 Å². The van der Waals surface area contributed by atoms with Crippen LogP contribution in [0.3, 0.4) is 0 Å². The fourth-order valence-electron chi connectivity index (χ4n) is 2.09. The number of furan rings is 1. The van der Waals surface area contributed by atoms with Gasteiger partial charge in [-0.25, -0.2) is 0 Å². The van der Waals surface area contributed by atoms with Crippen LogP contribution in [0.2, 0.25) is 0 Å². The van der Waals surface area contributed by atoms with E-state index in [-0.39, 0.29) is 0 Å². The van der Waals surface area contributed by atoms with Crippen LogP contribution in [0.4, 0.5) is 0 Å². The average molecular weight is 228 g/mol. The summed E-state index contributed by atoms with van der Waals surface area (Å²) < 4.78 is 16.0. The summed E-state index contributed by atoms with van der Waals surface area (Å²) in [6.45, 7) is 0. The number of benzene rings is 2. The summed E-state index contributed by atoms with van der Waals surface area (Å²) in [5.41, 5.74) is 0.833. The van der Waals surface area contributed by atoms with Crippen molar-refractivity contribution in [3.05, 3.63) is 36.6 Å². The smallest absolute Gasteiger partial charge is 0.165 e. The molecule has 0 bridgehead atoms. The highest BCUT2D eigenvalue weighted by Crippen LogP contribution is 2.35. The molecule has 1 heterocycles. The minimum absolute atomic E-state index is 0.760. The van der Waals surface area contributed by atoms with E-state index in [1.807, 2.05) is 30.3 Å². The lowest BCUT2D eigenvalue weighted by atomic mass is 10.1. The van der Waals surface area contributed by atoms with Crippen molar-refractivity contribution in [1.82, 2.24) is 0 Å². The number of hydrogen-bond donors (Lipinski definition) is 0. The molecular formula is C14H12O3. The maximum Gasteiger partial charge on any atom is 0.165 e. The van der Waals surface area contributed by atoms with E-state index in [0.29, 0.717) is 0 Å². The summed E-state index contributed by atoms with van der Waals surface area (Å²) in [5.74, 6) is 1.61. The van der Waals surface area contributed by atoms with Crippen molar-refractivity contribution in [3.8, 4) is 11.5 Å². The molecule has 0 amide bonds. The molecule has 0 unspecified atom stereocenters. The van der Waals surface area contributed by atoms with E-state index in [1.54, 1.807) is 20.5 Å². The van der Waals surface area contributed by atoms with Crippen LogP contribution in [-0.2, 0) is 0 Å². The standard InChI is InChI=1S/C14H12O3/c1-15-10-4-5-11-9(7-10)3-6-12-14(11)13(16-2)8-17-12/h3-8H,1-2H3. The van der Waals surface area contributed by atoms with Crippen molar-refractivity contribution >= 4 is 21.7 Å². The van der Waals surface area contributed by atoms with Crippen LogP contribution >= 0.6 is 0 Å². The second kappa shape index (κ2) is 3.70. The molecule has 0 aliphatic rings. The Bertz CT molecular complexity index is 682. The molecule has 0 aliphatic heterocycles. The predicted octanol–water partition coefficient (Wildman–Crippen LogP) is 3.60. The second-order valence-corrected chi connectivity index (χ2v) is 3.83. The number of hydrogen-bond acceptors (Lipinski definition) is 3. The zero-order chi connectivity index (χ0) is 11.8. The maximum absolute atomic E-state index is 5.45. The van der Waals surface area contributed by atoms with Crippen molar-refractivity contribution in [2.45, 2.75) is 0 Å². The summed E-state index contributed by atoms with van der Waals surface area (Å²) in [6.07, 6.45) is 1.63. The van der Waals surface area contributed by atoms with Gasteiger partial charge >= 0.3 is 0 Å². The van der Waals surface area contributed by atoms with Crippen LogP contribution in [0.15, 0.2) is 41.0 Å². The van der Waals surface area contributed by atoms with Gasteiger partial charge < -0.3 is 13.9 Å². The van der Waals surface area contributed by atoms with Crippen molar-refractivity contribution in [2.75, 3.05) is 14.2 Å². The minimum Gasteiger partial charge on any atom is -0.497 e. The second-order valence-electron chi connectivity index (χ2n) is 3.83. The Morgan fingerprint density at radius 1 is 1.00 bits per heavy atom. The number of rotatable bonds is 2. The first-order valence-electron chi connectivity index (χ1n) is 5.35. The monoisotopic (exact) mass is 228 g/mol. The molecule has 0 radical (unpaired) electrons. The van der Waals surface area contributed by atoms with Crippen molar-refractivity contribution in [3.63, 3.8) is 0 Å². The van der Waals surface area contributed by atoms with E-state index in [1.165, 1.54) is 0 Å². The molecule has 3 heteroatoms. The Hall–Kier alpha value is -2.16. The maximum atomic E-state index is 5.45. The molecule has 0 aliphatic carbocycles. The molecule has 86 valence electrons. The highest BCUT2D eigenvalue weighted by atomic mass is 16.5. The first-order chi connectivity index (χ1) is 8.33. The van der Waals surface area contributed by atoms with Crippen LogP contribution in [0.5, 0.6) is 11.5 Å². The van der Waals surface area contributed by atoms with E-state index in [9.17, 15) is 0 Å². The summed E-state index contributed by atoms with van der Waals surface area (Å²) in [4.78, 5) is 0. The molecule has 0 saturated heterocycles. The molecule has 2 aromatic carbocycles. The summed E-state index contributed by atoms with van der Waals surface area (Å²) in [5, 5.41) is 3.22. The van der Waals surface area contributed by atoms with Gasteiger partial charge in [0.05, 0.1) is 19.6 Å². The van der Waals surface area contributed by atoms with E-state index < -0.39 is 0 Å². The summed E-state index contributed by atoms with van der Waals surface area (Å²) in [7, 11) is 3.31. The Morgan fingerprint density at radius 2 is 1.88 bits per heavy atom. The molecule has 0 N–H and O–H groups in total. The molecule has 1 aromatic heterocycles. The van der Waals surface area contributed by atoms with Crippen molar-refractivity contribution < 1.29 is 13.9 Å². The van der Waals surface area contributed by atoms with E-state index >= 15 is 0 Å². The minimum atomic E-state index is 0.760. The van der Waals surface area contributed by atoms with Gasteiger partial charge in [0, 0.05) is 0 Å². The fourth-order valence-corrected chi connectivity index (χ4v) is 2.09. The third-order valence-electron chi connectivity index (χ3n) is 2.95. The van der Waals surface area contributed by atoms with Gasteiger partial charge in [0.2, 0.25) is 0 Å². The lowest BCUT2D eigenvalue weighted by molar-refractivity contribution is 0.410. The zero-order valence-corrected chi connectivity index (χ0v) is 9.69. The Morgan fingerprint density at radius 3 is 2.65 bits per heavy atom. The molecule has 0 atom stereocenters. The van der Waals surface area contributed by atoms with Crippen LogP contribution in [0.25, 0.3) is 21.7 Å². The highest BCUT2D eigenvalue weighted by Gasteiger charge is 2.10.